The van der Waals surface area contributed by atoms with Gasteiger partial charge in [-0.05, 0) is 27.6 Å². The Kier molecular flexibility index (Phi) is 3.00. The van der Waals surface area contributed by atoms with E-state index in [1.165, 1.54) is 0 Å². The fourth-order valence-corrected chi connectivity index (χ4v) is 1.80. The standard InChI is InChI=1S/C9H12BrN3O/c10-7-3-6(4-13-9(7)11)8-5-14-2-1-12-8/h3-4,8,12H,1-2,5H2,(H2,11,13). The van der Waals surface area contributed by atoms with Crippen LogP contribution in [0.1, 0.15) is 11.6 Å². The van der Waals surface area contributed by atoms with Gasteiger partial charge in [0.25, 0.3) is 0 Å². The maximum Gasteiger partial charge on any atom is 0.137 e. The number of ether oxygens (including phenoxy) is 1. The van der Waals surface area contributed by atoms with E-state index < -0.39 is 0 Å². The number of aromatic nitrogens is 1. The number of nitrogens with two attached hydrogens (primary N) is 1. The molecule has 1 saturated heterocycles. The third kappa shape index (κ3) is 2.05. The maximum absolute atomic E-state index is 5.61. The van der Waals surface area contributed by atoms with Gasteiger partial charge in [-0.2, -0.15) is 0 Å². The van der Waals surface area contributed by atoms with Gasteiger partial charge in [-0.3, -0.25) is 0 Å². The third-order valence-electron chi connectivity index (χ3n) is 2.21. The Morgan fingerprint density at radius 3 is 3.14 bits per heavy atom. The van der Waals surface area contributed by atoms with Crippen molar-refractivity contribution in [2.45, 2.75) is 6.04 Å². The largest absolute Gasteiger partial charge is 0.383 e. The Hall–Kier alpha value is -0.650. The Balaban J connectivity index is 2.18. The van der Waals surface area contributed by atoms with Crippen molar-refractivity contribution in [3.05, 3.63) is 22.3 Å². The van der Waals surface area contributed by atoms with Crippen LogP contribution in [0.25, 0.3) is 0 Å². The molecule has 2 heterocycles. The Morgan fingerprint density at radius 2 is 2.50 bits per heavy atom. The lowest BCUT2D eigenvalue weighted by Crippen LogP contribution is -2.34. The molecule has 76 valence electrons. The van der Waals surface area contributed by atoms with E-state index in [2.05, 4.69) is 26.2 Å². The first-order valence-electron chi connectivity index (χ1n) is 4.49. The number of nitrogens with zero attached hydrogens (tertiary/aromatic N) is 1. The van der Waals surface area contributed by atoms with Gasteiger partial charge >= 0.3 is 0 Å². The molecule has 1 unspecified atom stereocenters. The summed E-state index contributed by atoms with van der Waals surface area (Å²) in [6.07, 6.45) is 1.78. The molecule has 5 heteroatoms. The summed E-state index contributed by atoms with van der Waals surface area (Å²) in [7, 11) is 0. The quantitative estimate of drug-likeness (QED) is 0.791. The number of pyridine rings is 1. The van der Waals surface area contributed by atoms with Crippen molar-refractivity contribution in [3.63, 3.8) is 0 Å². The van der Waals surface area contributed by atoms with Crippen LogP contribution in [0.5, 0.6) is 0 Å². The number of hydrogen-bond donors (Lipinski definition) is 2. The van der Waals surface area contributed by atoms with Crippen LogP contribution in [0, 0.1) is 0 Å². The topological polar surface area (TPSA) is 60.2 Å². The molecule has 0 radical (unpaired) electrons. The zero-order valence-corrected chi connectivity index (χ0v) is 9.25. The molecule has 0 amide bonds. The molecule has 4 nitrogen and oxygen atoms in total. The predicted octanol–water partition coefficient (Wildman–Crippen LogP) is 1.09. The van der Waals surface area contributed by atoms with Gasteiger partial charge in [-0.15, -0.1) is 0 Å². The first kappa shape index (κ1) is 9.89. The van der Waals surface area contributed by atoms with Crippen molar-refractivity contribution >= 4 is 21.7 Å². The molecule has 0 spiro atoms. The van der Waals surface area contributed by atoms with Gasteiger partial charge in [-0.25, -0.2) is 4.98 Å². The molecule has 1 fully saturated rings. The summed E-state index contributed by atoms with van der Waals surface area (Å²) in [5, 5.41) is 3.36. The molecule has 0 saturated carbocycles. The average Bonchev–Trinajstić information content (AvgIpc) is 2.23. The van der Waals surface area contributed by atoms with Gasteiger partial charge in [0.15, 0.2) is 0 Å². The van der Waals surface area contributed by atoms with Gasteiger partial charge < -0.3 is 15.8 Å². The fraction of sp³-hybridized carbons (Fsp3) is 0.444. The molecule has 1 aliphatic rings. The van der Waals surface area contributed by atoms with Gasteiger partial charge in [0.05, 0.1) is 23.7 Å². The highest BCUT2D eigenvalue weighted by Gasteiger charge is 2.16. The summed E-state index contributed by atoms with van der Waals surface area (Å²) in [5.41, 5.74) is 6.71. The number of nitrogens with one attached hydrogen (secondary N) is 1. The number of morpholine rings is 1. The molecule has 0 aromatic carbocycles. The maximum atomic E-state index is 5.61. The van der Waals surface area contributed by atoms with Crippen molar-refractivity contribution in [3.8, 4) is 0 Å². The molecule has 14 heavy (non-hydrogen) atoms. The van der Waals surface area contributed by atoms with Gasteiger partial charge in [0.2, 0.25) is 0 Å². The molecule has 1 aliphatic heterocycles. The van der Waals surface area contributed by atoms with E-state index in [1.54, 1.807) is 6.20 Å². The fourth-order valence-electron chi connectivity index (χ4n) is 1.43. The van der Waals surface area contributed by atoms with Crippen LogP contribution in [0.15, 0.2) is 16.7 Å². The lowest BCUT2D eigenvalue weighted by atomic mass is 10.1. The number of hydrogen-bond acceptors (Lipinski definition) is 4. The van der Waals surface area contributed by atoms with Gasteiger partial charge in [0.1, 0.15) is 5.82 Å². The van der Waals surface area contributed by atoms with Crippen molar-refractivity contribution in [1.29, 1.82) is 0 Å². The summed E-state index contributed by atoms with van der Waals surface area (Å²) in [6, 6.07) is 2.21. The monoisotopic (exact) mass is 257 g/mol. The van der Waals surface area contributed by atoms with Crippen LogP contribution in [-0.4, -0.2) is 24.7 Å². The minimum absolute atomic E-state index is 0.230. The SMILES string of the molecule is Nc1ncc(C2COCCN2)cc1Br. The highest BCUT2D eigenvalue weighted by atomic mass is 79.9. The van der Waals surface area contributed by atoms with Gasteiger partial charge in [-0.1, -0.05) is 0 Å². The average molecular weight is 258 g/mol. The second-order valence-electron chi connectivity index (χ2n) is 3.22. The Labute approximate surface area is 91.0 Å². The van der Waals surface area contributed by atoms with E-state index >= 15 is 0 Å². The minimum Gasteiger partial charge on any atom is -0.383 e. The molecular weight excluding hydrogens is 246 g/mol. The molecule has 0 aliphatic carbocycles. The normalized spacial score (nSPS) is 22.2. The van der Waals surface area contributed by atoms with Crippen molar-refractivity contribution in [2.24, 2.45) is 0 Å². The van der Waals surface area contributed by atoms with E-state index in [1.807, 2.05) is 6.07 Å². The van der Waals surface area contributed by atoms with E-state index in [9.17, 15) is 0 Å². The van der Waals surface area contributed by atoms with Crippen LogP contribution in [0.2, 0.25) is 0 Å². The van der Waals surface area contributed by atoms with E-state index in [4.69, 9.17) is 10.5 Å². The van der Waals surface area contributed by atoms with E-state index in [-0.39, 0.29) is 6.04 Å². The molecule has 2 rings (SSSR count). The zero-order valence-electron chi connectivity index (χ0n) is 7.66. The van der Waals surface area contributed by atoms with Crippen LogP contribution in [0.3, 0.4) is 0 Å². The van der Waals surface area contributed by atoms with Crippen LogP contribution in [0.4, 0.5) is 5.82 Å². The molecular formula is C9H12BrN3O. The van der Waals surface area contributed by atoms with E-state index in [0.29, 0.717) is 12.4 Å². The number of anilines is 1. The highest BCUT2D eigenvalue weighted by molar-refractivity contribution is 9.10. The van der Waals surface area contributed by atoms with E-state index in [0.717, 1.165) is 23.2 Å². The van der Waals surface area contributed by atoms with Crippen LogP contribution >= 0.6 is 15.9 Å². The lowest BCUT2D eigenvalue weighted by molar-refractivity contribution is 0.0768. The van der Waals surface area contributed by atoms with Crippen molar-refractivity contribution in [2.75, 3.05) is 25.5 Å². The first-order valence-corrected chi connectivity index (χ1v) is 5.28. The zero-order chi connectivity index (χ0) is 9.97. The summed E-state index contributed by atoms with van der Waals surface area (Å²) in [5.74, 6) is 0.519. The summed E-state index contributed by atoms with van der Waals surface area (Å²) < 4.78 is 6.21. The second-order valence-corrected chi connectivity index (χ2v) is 4.07. The number of halogens is 1. The first-order chi connectivity index (χ1) is 6.77. The van der Waals surface area contributed by atoms with Crippen molar-refractivity contribution < 1.29 is 4.74 Å². The molecule has 3 N–H and O–H groups in total. The Morgan fingerprint density at radius 1 is 1.64 bits per heavy atom. The smallest absolute Gasteiger partial charge is 0.137 e. The second kappa shape index (κ2) is 4.25. The van der Waals surface area contributed by atoms with Crippen LogP contribution < -0.4 is 11.1 Å². The summed E-state index contributed by atoms with van der Waals surface area (Å²) in [4.78, 5) is 4.09. The van der Waals surface area contributed by atoms with Crippen LogP contribution in [-0.2, 0) is 4.74 Å². The molecule has 1 aromatic heterocycles. The van der Waals surface area contributed by atoms with Gasteiger partial charge in [0, 0.05) is 12.7 Å². The minimum atomic E-state index is 0.230. The highest BCUT2D eigenvalue weighted by Crippen LogP contribution is 2.22. The van der Waals surface area contributed by atoms with Crippen molar-refractivity contribution in [1.82, 2.24) is 10.3 Å². The molecule has 0 bridgehead atoms. The third-order valence-corrected chi connectivity index (χ3v) is 2.85. The summed E-state index contributed by atoms with van der Waals surface area (Å²) in [6.45, 7) is 2.35. The number of rotatable bonds is 1. The number of nitrogen functional groups attached to an aromatic ring is 1. The summed E-state index contributed by atoms with van der Waals surface area (Å²) >= 11 is 3.36. The lowest BCUT2D eigenvalue weighted by Gasteiger charge is -2.24. The predicted molar refractivity (Wildman–Crippen MR) is 57.9 cm³/mol. The molecule has 1 aromatic rings. The Bertz CT molecular complexity index is 326. The molecule has 1 atom stereocenters.